The van der Waals surface area contributed by atoms with E-state index in [1.165, 1.54) is 6.07 Å². The summed E-state index contributed by atoms with van der Waals surface area (Å²) >= 11 is 0. The van der Waals surface area contributed by atoms with E-state index < -0.39 is 5.97 Å². The lowest BCUT2D eigenvalue weighted by atomic mass is 10.1. The molecule has 18 heavy (non-hydrogen) atoms. The Kier molecular flexibility index (Phi) is 6.18. The van der Waals surface area contributed by atoms with Gasteiger partial charge < -0.3 is 19.3 Å². The molecule has 0 fully saturated rings. The first-order chi connectivity index (χ1) is 8.65. The number of carboxylic acid groups (broad SMARTS) is 1. The third kappa shape index (κ3) is 4.73. The van der Waals surface area contributed by atoms with Crippen LogP contribution in [0.2, 0.25) is 0 Å². The Morgan fingerprint density at radius 3 is 2.56 bits per heavy atom. The molecule has 0 atom stereocenters. The van der Waals surface area contributed by atoms with Gasteiger partial charge in [0, 0.05) is 7.11 Å². The standard InChI is InChI=1S/C13H18O5/c1-10-9-11(13(14)15)3-4-12(10)18-8-7-17-6-5-16-2/h3-4,9H,5-8H2,1-2H3,(H,14,15). The number of carboxylic acids is 1. The van der Waals surface area contributed by atoms with Crippen LogP contribution in [0.1, 0.15) is 15.9 Å². The van der Waals surface area contributed by atoms with Gasteiger partial charge in [-0.15, -0.1) is 0 Å². The fourth-order valence-electron chi connectivity index (χ4n) is 1.40. The van der Waals surface area contributed by atoms with Crippen molar-refractivity contribution < 1.29 is 24.1 Å². The predicted molar refractivity (Wildman–Crippen MR) is 66.3 cm³/mol. The highest BCUT2D eigenvalue weighted by atomic mass is 16.5. The van der Waals surface area contributed by atoms with E-state index in [4.69, 9.17) is 19.3 Å². The van der Waals surface area contributed by atoms with Crippen molar-refractivity contribution in [3.05, 3.63) is 29.3 Å². The fraction of sp³-hybridized carbons (Fsp3) is 0.462. The van der Waals surface area contributed by atoms with Crippen LogP contribution in [-0.2, 0) is 9.47 Å². The van der Waals surface area contributed by atoms with Crippen LogP contribution in [-0.4, -0.2) is 44.6 Å². The SMILES string of the molecule is COCCOCCOc1ccc(C(=O)O)cc1C. The smallest absolute Gasteiger partial charge is 0.335 e. The molecule has 0 saturated carbocycles. The number of hydrogen-bond acceptors (Lipinski definition) is 4. The van der Waals surface area contributed by atoms with E-state index in [-0.39, 0.29) is 5.56 Å². The quantitative estimate of drug-likeness (QED) is 0.716. The van der Waals surface area contributed by atoms with Gasteiger partial charge in [0.15, 0.2) is 0 Å². The number of hydrogen-bond donors (Lipinski definition) is 1. The lowest BCUT2D eigenvalue weighted by Crippen LogP contribution is -2.10. The number of carbonyl (C=O) groups is 1. The largest absolute Gasteiger partial charge is 0.491 e. The van der Waals surface area contributed by atoms with Crippen LogP contribution in [0.15, 0.2) is 18.2 Å². The van der Waals surface area contributed by atoms with E-state index in [0.29, 0.717) is 32.2 Å². The molecule has 5 heteroatoms. The van der Waals surface area contributed by atoms with Crippen molar-refractivity contribution >= 4 is 5.97 Å². The van der Waals surface area contributed by atoms with Crippen molar-refractivity contribution in [3.63, 3.8) is 0 Å². The molecule has 1 rings (SSSR count). The highest BCUT2D eigenvalue weighted by Gasteiger charge is 2.06. The molecule has 1 N–H and O–H groups in total. The Morgan fingerprint density at radius 2 is 1.94 bits per heavy atom. The van der Waals surface area contributed by atoms with Crippen LogP contribution in [0.4, 0.5) is 0 Å². The molecular formula is C13H18O5. The third-order valence-corrected chi connectivity index (χ3v) is 2.34. The van der Waals surface area contributed by atoms with Gasteiger partial charge in [0.25, 0.3) is 0 Å². The van der Waals surface area contributed by atoms with Gasteiger partial charge in [-0.3, -0.25) is 0 Å². The summed E-state index contributed by atoms with van der Waals surface area (Å²) in [5, 5.41) is 8.82. The van der Waals surface area contributed by atoms with Crippen molar-refractivity contribution in [1.82, 2.24) is 0 Å². The molecule has 0 unspecified atom stereocenters. The Labute approximate surface area is 106 Å². The normalized spacial score (nSPS) is 10.3. The molecule has 0 heterocycles. The molecule has 1 aromatic rings. The minimum absolute atomic E-state index is 0.260. The van der Waals surface area contributed by atoms with Crippen molar-refractivity contribution in [2.75, 3.05) is 33.5 Å². The number of rotatable bonds is 8. The van der Waals surface area contributed by atoms with Crippen LogP contribution >= 0.6 is 0 Å². The Bertz CT molecular complexity index is 389. The Morgan fingerprint density at radius 1 is 1.22 bits per heavy atom. The Hall–Kier alpha value is -1.59. The lowest BCUT2D eigenvalue weighted by Gasteiger charge is -2.10. The van der Waals surface area contributed by atoms with E-state index in [9.17, 15) is 4.79 Å². The van der Waals surface area contributed by atoms with Gasteiger partial charge in [0.2, 0.25) is 0 Å². The van der Waals surface area contributed by atoms with E-state index in [2.05, 4.69) is 0 Å². The second-order valence-corrected chi connectivity index (χ2v) is 3.74. The number of benzene rings is 1. The maximum Gasteiger partial charge on any atom is 0.335 e. The second kappa shape index (κ2) is 7.68. The van der Waals surface area contributed by atoms with Crippen LogP contribution < -0.4 is 4.74 Å². The van der Waals surface area contributed by atoms with E-state index in [1.807, 2.05) is 6.92 Å². The molecule has 0 aromatic heterocycles. The lowest BCUT2D eigenvalue weighted by molar-refractivity contribution is 0.0543. The molecule has 0 amide bonds. The summed E-state index contributed by atoms with van der Waals surface area (Å²) in [5.41, 5.74) is 1.06. The van der Waals surface area contributed by atoms with Crippen LogP contribution in [0.25, 0.3) is 0 Å². The molecule has 0 radical (unpaired) electrons. The fourth-order valence-corrected chi connectivity index (χ4v) is 1.40. The number of aryl methyl sites for hydroxylation is 1. The first-order valence-electron chi connectivity index (χ1n) is 5.68. The molecule has 0 aliphatic rings. The maximum atomic E-state index is 10.8. The van der Waals surface area contributed by atoms with Crippen LogP contribution in [0.3, 0.4) is 0 Å². The molecule has 0 aliphatic carbocycles. The first kappa shape index (κ1) is 14.5. The van der Waals surface area contributed by atoms with E-state index >= 15 is 0 Å². The van der Waals surface area contributed by atoms with Gasteiger partial charge in [-0.05, 0) is 30.7 Å². The summed E-state index contributed by atoms with van der Waals surface area (Å²) in [7, 11) is 1.62. The summed E-state index contributed by atoms with van der Waals surface area (Å²) in [6.45, 7) is 3.82. The monoisotopic (exact) mass is 254 g/mol. The maximum absolute atomic E-state index is 10.8. The summed E-state index contributed by atoms with van der Waals surface area (Å²) in [6, 6.07) is 4.77. The first-order valence-corrected chi connectivity index (χ1v) is 5.68. The zero-order valence-electron chi connectivity index (χ0n) is 10.6. The summed E-state index contributed by atoms with van der Waals surface area (Å²) < 4.78 is 15.6. The van der Waals surface area contributed by atoms with Crippen LogP contribution in [0.5, 0.6) is 5.75 Å². The van der Waals surface area contributed by atoms with Crippen molar-refractivity contribution in [3.8, 4) is 5.75 Å². The summed E-state index contributed by atoms with van der Waals surface area (Å²) in [6.07, 6.45) is 0. The molecule has 0 saturated heterocycles. The zero-order chi connectivity index (χ0) is 13.4. The second-order valence-electron chi connectivity index (χ2n) is 3.74. The summed E-state index contributed by atoms with van der Waals surface area (Å²) in [4.78, 5) is 10.8. The highest BCUT2D eigenvalue weighted by Crippen LogP contribution is 2.19. The van der Waals surface area contributed by atoms with Gasteiger partial charge in [-0.25, -0.2) is 4.79 Å². The number of aromatic carboxylic acids is 1. The van der Waals surface area contributed by atoms with Gasteiger partial charge in [-0.1, -0.05) is 0 Å². The van der Waals surface area contributed by atoms with Gasteiger partial charge in [0.1, 0.15) is 12.4 Å². The number of methoxy groups -OCH3 is 1. The minimum atomic E-state index is -0.937. The minimum Gasteiger partial charge on any atom is -0.491 e. The van der Waals surface area contributed by atoms with Crippen molar-refractivity contribution in [2.45, 2.75) is 6.92 Å². The molecule has 0 spiro atoms. The van der Waals surface area contributed by atoms with Gasteiger partial charge >= 0.3 is 5.97 Å². The highest BCUT2D eigenvalue weighted by molar-refractivity contribution is 5.88. The van der Waals surface area contributed by atoms with E-state index in [1.54, 1.807) is 19.2 Å². The van der Waals surface area contributed by atoms with Crippen LogP contribution in [0, 0.1) is 6.92 Å². The van der Waals surface area contributed by atoms with Gasteiger partial charge in [-0.2, -0.15) is 0 Å². The molecule has 5 nitrogen and oxygen atoms in total. The Balaban J connectivity index is 2.36. The van der Waals surface area contributed by atoms with E-state index in [0.717, 1.165) is 5.56 Å². The molecular weight excluding hydrogens is 236 g/mol. The molecule has 0 bridgehead atoms. The van der Waals surface area contributed by atoms with Gasteiger partial charge in [0.05, 0.1) is 25.4 Å². The number of ether oxygens (including phenoxy) is 3. The van der Waals surface area contributed by atoms with Crippen molar-refractivity contribution in [2.24, 2.45) is 0 Å². The zero-order valence-corrected chi connectivity index (χ0v) is 10.6. The third-order valence-electron chi connectivity index (χ3n) is 2.34. The van der Waals surface area contributed by atoms with Crippen molar-refractivity contribution in [1.29, 1.82) is 0 Å². The predicted octanol–water partition coefficient (Wildman–Crippen LogP) is 1.74. The summed E-state index contributed by atoms with van der Waals surface area (Å²) in [5.74, 6) is -0.261. The average molecular weight is 254 g/mol. The average Bonchev–Trinajstić information content (AvgIpc) is 2.35. The molecule has 100 valence electrons. The molecule has 0 aliphatic heterocycles. The molecule has 1 aromatic carbocycles. The topological polar surface area (TPSA) is 65.0 Å².